The van der Waals surface area contributed by atoms with Gasteiger partial charge >= 0.3 is 5.97 Å². The van der Waals surface area contributed by atoms with Gasteiger partial charge in [-0.3, -0.25) is 14.4 Å². The van der Waals surface area contributed by atoms with E-state index in [1.54, 1.807) is 49.4 Å². The van der Waals surface area contributed by atoms with Gasteiger partial charge in [0.05, 0.1) is 22.9 Å². The highest BCUT2D eigenvalue weighted by Crippen LogP contribution is 2.37. The summed E-state index contributed by atoms with van der Waals surface area (Å²) < 4.78 is 21.7. The third kappa shape index (κ3) is 8.77. The van der Waals surface area contributed by atoms with Crippen molar-refractivity contribution in [3.63, 3.8) is 0 Å². The van der Waals surface area contributed by atoms with Crippen molar-refractivity contribution in [1.82, 2.24) is 35.3 Å². The zero-order chi connectivity index (χ0) is 39.1. The van der Waals surface area contributed by atoms with Crippen LogP contribution in [-0.4, -0.2) is 94.0 Å². The van der Waals surface area contributed by atoms with E-state index in [1.807, 2.05) is 43.3 Å². The van der Waals surface area contributed by atoms with Crippen molar-refractivity contribution in [2.75, 3.05) is 45.7 Å². The number of carbonyl (C=O) groups excluding carboxylic acids is 4. The van der Waals surface area contributed by atoms with E-state index < -0.39 is 29.6 Å². The van der Waals surface area contributed by atoms with Gasteiger partial charge in [-0.25, -0.2) is 9.18 Å². The monoisotopic (exact) mass is 764 g/mol. The normalized spacial score (nSPS) is 13.8. The minimum Gasteiger partial charge on any atom is -0.462 e. The molecule has 0 fully saturated rings. The smallest absolute Gasteiger partial charge is 0.338 e. The number of carbonyl (C=O) groups is 4. The molecule has 0 bridgehead atoms. The lowest BCUT2D eigenvalue weighted by Gasteiger charge is -2.37. The number of hydrogen-bond acceptors (Lipinski definition) is 9. The number of nitrogens with zero attached hydrogens (tertiary/aromatic N) is 6. The molecular formula is C40H38ClFN8O5. The van der Waals surface area contributed by atoms with Gasteiger partial charge in [-0.2, -0.15) is 4.68 Å². The molecule has 0 unspecified atom stereocenters. The summed E-state index contributed by atoms with van der Waals surface area (Å²) in [4.78, 5) is 56.7. The Morgan fingerprint density at radius 1 is 1.00 bits per heavy atom. The molecule has 3 amide bonds. The molecule has 2 heterocycles. The Hall–Kier alpha value is -6.25. The molecule has 4 aromatic carbocycles. The Kier molecular flexibility index (Phi) is 12.1. The maximum absolute atomic E-state index is 15.4. The number of amides is 3. The van der Waals surface area contributed by atoms with Crippen molar-refractivity contribution in [3.8, 4) is 16.8 Å². The minimum absolute atomic E-state index is 0.0228. The van der Waals surface area contributed by atoms with E-state index in [1.165, 1.54) is 40.2 Å². The van der Waals surface area contributed by atoms with Gasteiger partial charge in [0.2, 0.25) is 5.91 Å². The van der Waals surface area contributed by atoms with Gasteiger partial charge in [-0.15, -0.1) is 5.10 Å². The topological polar surface area (TPSA) is 152 Å². The van der Waals surface area contributed by atoms with Gasteiger partial charge in [0.15, 0.2) is 5.82 Å². The molecule has 1 atom stereocenters. The van der Waals surface area contributed by atoms with Crippen molar-refractivity contribution >= 4 is 47.1 Å². The lowest BCUT2D eigenvalue weighted by Crippen LogP contribution is -2.45. The number of esters is 1. The van der Waals surface area contributed by atoms with Gasteiger partial charge in [0, 0.05) is 42.5 Å². The third-order valence-corrected chi connectivity index (χ3v) is 9.31. The van der Waals surface area contributed by atoms with Crippen molar-refractivity contribution < 1.29 is 28.3 Å². The molecule has 2 N–H and O–H groups in total. The number of tetrazole rings is 1. The summed E-state index contributed by atoms with van der Waals surface area (Å²) >= 11 is 6.11. The molecule has 15 heteroatoms. The van der Waals surface area contributed by atoms with E-state index in [4.69, 9.17) is 16.3 Å². The number of anilines is 1. The van der Waals surface area contributed by atoms with E-state index in [-0.39, 0.29) is 35.3 Å². The molecule has 0 aliphatic carbocycles. The highest BCUT2D eigenvalue weighted by molar-refractivity contribution is 6.31. The van der Waals surface area contributed by atoms with Crippen LogP contribution < -0.4 is 10.6 Å². The molecule has 0 spiro atoms. The largest absolute Gasteiger partial charge is 0.462 e. The van der Waals surface area contributed by atoms with E-state index >= 15 is 4.39 Å². The van der Waals surface area contributed by atoms with Crippen LogP contribution in [0.3, 0.4) is 0 Å². The summed E-state index contributed by atoms with van der Waals surface area (Å²) in [6, 6.07) is 20.8. The lowest BCUT2D eigenvalue weighted by molar-refractivity contribution is -0.135. The summed E-state index contributed by atoms with van der Waals surface area (Å²) in [7, 11) is 3.87. The SMILES string of the molecule is CCOC(=O)c1ccc(NC(=O)[C@@H]2c3cccc(-c4ccc(C(=O)NCCN(C)C)cc4)c3CCN2C(=O)/C=C/c2c(-n3cnnn3)ccc(Cl)c2F)cc1. The predicted molar refractivity (Wildman–Crippen MR) is 205 cm³/mol. The van der Waals surface area contributed by atoms with Crippen LogP contribution in [0.1, 0.15) is 50.4 Å². The van der Waals surface area contributed by atoms with Gasteiger partial charge in [-0.05, 0) is 115 Å². The summed E-state index contributed by atoms with van der Waals surface area (Å²) in [6.45, 7) is 3.30. The number of hydrogen-bond donors (Lipinski definition) is 2. The van der Waals surface area contributed by atoms with Crippen LogP contribution in [0.15, 0.2) is 91.3 Å². The fourth-order valence-electron chi connectivity index (χ4n) is 6.31. The standard InChI is InChI=1S/C40H38ClFN8O5/c1-4-55-40(54)27-12-14-28(15-13-27)45-39(53)37-31-7-5-6-29(25-8-10-26(11-9-25)38(52)43-21-23-48(2)3)30(31)20-22-49(37)35(51)19-16-32-34(50-24-44-46-47-50)18-17-33(41)36(32)42/h5-19,24,37H,4,20-23H2,1-3H3,(H,43,52)(H,45,53)/b19-16+/t37-/m0/s1. The van der Waals surface area contributed by atoms with Crippen LogP contribution in [0.2, 0.25) is 5.02 Å². The average Bonchev–Trinajstić information content (AvgIpc) is 3.73. The predicted octanol–water partition coefficient (Wildman–Crippen LogP) is 5.37. The summed E-state index contributed by atoms with van der Waals surface area (Å²) in [5, 5.41) is 16.7. The third-order valence-electron chi connectivity index (χ3n) is 9.02. The fourth-order valence-corrected chi connectivity index (χ4v) is 6.47. The Labute approximate surface area is 321 Å². The first kappa shape index (κ1) is 38.5. The first-order chi connectivity index (χ1) is 26.5. The molecule has 55 heavy (non-hydrogen) atoms. The number of likely N-dealkylation sites (N-methyl/N-ethyl adjacent to an activating group) is 1. The summed E-state index contributed by atoms with van der Waals surface area (Å²) in [5.41, 5.74) is 4.61. The Morgan fingerprint density at radius 2 is 1.75 bits per heavy atom. The molecule has 1 aliphatic heterocycles. The zero-order valence-corrected chi connectivity index (χ0v) is 31.1. The average molecular weight is 765 g/mol. The lowest BCUT2D eigenvalue weighted by atomic mass is 9.85. The van der Waals surface area contributed by atoms with Crippen molar-refractivity contribution in [2.45, 2.75) is 19.4 Å². The molecule has 0 saturated carbocycles. The molecule has 282 valence electrons. The van der Waals surface area contributed by atoms with Crippen LogP contribution in [0.4, 0.5) is 10.1 Å². The second-order valence-electron chi connectivity index (χ2n) is 12.9. The molecule has 13 nitrogen and oxygen atoms in total. The number of aromatic nitrogens is 4. The summed E-state index contributed by atoms with van der Waals surface area (Å²) in [5.74, 6) is -2.50. The Morgan fingerprint density at radius 3 is 2.44 bits per heavy atom. The number of fused-ring (bicyclic) bond motifs is 1. The number of rotatable bonds is 12. The van der Waals surface area contributed by atoms with E-state index in [0.29, 0.717) is 41.9 Å². The van der Waals surface area contributed by atoms with Gasteiger partial charge in [-0.1, -0.05) is 41.9 Å². The molecule has 6 rings (SSSR count). The first-order valence-corrected chi connectivity index (χ1v) is 17.9. The molecular weight excluding hydrogens is 727 g/mol. The van der Waals surface area contributed by atoms with E-state index in [2.05, 4.69) is 26.2 Å². The number of nitrogens with one attached hydrogen (secondary N) is 2. The molecule has 1 aliphatic rings. The fraction of sp³-hybridized carbons (Fsp3) is 0.225. The van der Waals surface area contributed by atoms with Gasteiger partial charge in [0.25, 0.3) is 11.8 Å². The maximum atomic E-state index is 15.4. The van der Waals surface area contributed by atoms with Crippen molar-refractivity contribution in [3.05, 3.63) is 130 Å². The minimum atomic E-state index is -1.10. The molecule has 5 aromatic rings. The number of halogens is 2. The zero-order valence-electron chi connectivity index (χ0n) is 30.3. The Balaban J connectivity index is 1.33. The van der Waals surface area contributed by atoms with E-state index in [0.717, 1.165) is 16.7 Å². The molecule has 0 radical (unpaired) electrons. The Bertz CT molecular complexity index is 2230. The van der Waals surface area contributed by atoms with Crippen LogP contribution in [0.25, 0.3) is 22.9 Å². The molecule has 1 aromatic heterocycles. The van der Waals surface area contributed by atoms with Crippen LogP contribution in [0.5, 0.6) is 0 Å². The molecule has 0 saturated heterocycles. The number of benzene rings is 4. The van der Waals surface area contributed by atoms with Gasteiger partial charge in [0.1, 0.15) is 12.4 Å². The number of ether oxygens (including phenoxy) is 1. The summed E-state index contributed by atoms with van der Waals surface area (Å²) in [6.07, 6.45) is 4.16. The second kappa shape index (κ2) is 17.3. The van der Waals surface area contributed by atoms with Crippen molar-refractivity contribution in [2.24, 2.45) is 0 Å². The highest BCUT2D eigenvalue weighted by atomic mass is 35.5. The quantitative estimate of drug-likeness (QED) is 0.126. The second-order valence-corrected chi connectivity index (χ2v) is 13.3. The van der Waals surface area contributed by atoms with Crippen LogP contribution in [-0.2, 0) is 20.7 Å². The highest BCUT2D eigenvalue weighted by Gasteiger charge is 2.36. The van der Waals surface area contributed by atoms with Crippen molar-refractivity contribution in [1.29, 1.82) is 0 Å². The van der Waals surface area contributed by atoms with Crippen LogP contribution in [0, 0.1) is 5.82 Å². The van der Waals surface area contributed by atoms with Gasteiger partial charge < -0.3 is 25.2 Å². The maximum Gasteiger partial charge on any atom is 0.338 e. The van der Waals surface area contributed by atoms with Crippen LogP contribution >= 0.6 is 11.6 Å². The first-order valence-electron chi connectivity index (χ1n) is 17.5. The van der Waals surface area contributed by atoms with E-state index in [9.17, 15) is 19.2 Å².